The first-order valence-corrected chi connectivity index (χ1v) is 20.9. The van der Waals surface area contributed by atoms with Crippen LogP contribution in [-0.4, -0.2) is 14.4 Å². The molecule has 256 valence electrons. The highest BCUT2D eigenvalue weighted by atomic mass is 32.4. The van der Waals surface area contributed by atoms with Gasteiger partial charge in [-0.3, -0.25) is 9.38 Å². The van der Waals surface area contributed by atoms with Crippen LogP contribution >= 0.6 is 6.04 Å². The van der Waals surface area contributed by atoms with Gasteiger partial charge in [0.2, 0.25) is 0 Å². The molecule has 0 aliphatic carbocycles. The number of hydrogen-bond acceptors (Lipinski definition) is 3. The minimum Gasteiger partial charge on any atom is -0.292 e. The molecule has 0 saturated heterocycles. The van der Waals surface area contributed by atoms with Gasteiger partial charge in [0.05, 0.1) is 22.1 Å². The lowest BCUT2D eigenvalue weighted by Crippen LogP contribution is -2.17. The summed E-state index contributed by atoms with van der Waals surface area (Å²) in [5.41, 5.74) is 7.33. The summed E-state index contributed by atoms with van der Waals surface area (Å²) >= 11 is 6.60. The van der Waals surface area contributed by atoms with Gasteiger partial charge in [0.1, 0.15) is 5.65 Å². The van der Waals surface area contributed by atoms with Crippen molar-refractivity contribution in [1.82, 2.24) is 14.4 Å². The van der Waals surface area contributed by atoms with Crippen molar-refractivity contribution in [2.75, 3.05) is 0 Å². The van der Waals surface area contributed by atoms with E-state index in [1.165, 1.54) is 37.7 Å². The number of aromatic nitrogens is 3. The molecule has 3 heterocycles. The molecule has 0 spiro atoms. The second-order valence-electron chi connectivity index (χ2n) is 13.9. The molecule has 7 aromatic carbocycles. The zero-order valence-corrected chi connectivity index (χ0v) is 31.4. The van der Waals surface area contributed by atoms with E-state index in [9.17, 15) is 0 Å². The molecule has 10 rings (SSSR count). The molecule has 0 saturated carbocycles. The summed E-state index contributed by atoms with van der Waals surface area (Å²) in [4.78, 5) is 10.4. The van der Waals surface area contributed by atoms with E-state index in [1.807, 2.05) is 24.4 Å². The van der Waals surface area contributed by atoms with Crippen LogP contribution in [-0.2, 0) is 11.8 Å². The molecule has 1 atom stereocenters. The Morgan fingerprint density at radius 2 is 1.33 bits per heavy atom. The monoisotopic (exact) mass is 727 g/mol. The van der Waals surface area contributed by atoms with Gasteiger partial charge in [-0.1, -0.05) is 152 Å². The first kappa shape index (κ1) is 32.5. The number of fused-ring (bicyclic) bond motifs is 12. The Kier molecular flexibility index (Phi) is 7.66. The van der Waals surface area contributed by atoms with Gasteiger partial charge in [-0.25, -0.2) is 4.98 Å². The number of nitrogens with zero attached hydrogens (tertiary/aromatic N) is 3. The summed E-state index contributed by atoms with van der Waals surface area (Å²) in [6.45, 7) is 5.96. The molecule has 3 aromatic heterocycles. The van der Waals surface area contributed by atoms with Gasteiger partial charge < -0.3 is 0 Å². The van der Waals surface area contributed by atoms with Crippen molar-refractivity contribution in [2.45, 2.75) is 6.92 Å². The fourth-order valence-corrected chi connectivity index (χ4v) is 11.5. The molecule has 1 unspecified atom stereocenters. The van der Waals surface area contributed by atoms with E-state index in [2.05, 4.69) is 164 Å². The number of rotatable bonds is 6. The molecular formula is C49H34N3PS. The lowest BCUT2D eigenvalue weighted by atomic mass is 9.97. The van der Waals surface area contributed by atoms with Crippen LogP contribution in [0.1, 0.15) is 6.92 Å². The Labute approximate surface area is 318 Å². The fraction of sp³-hybridized carbons (Fsp3) is 0.0204. The maximum atomic E-state index is 6.60. The topological polar surface area (TPSA) is 30.2 Å². The molecule has 0 N–H and O–H groups in total. The number of hydrogen-bond donors (Lipinski definition) is 0. The number of allylic oxidation sites excluding steroid dienone is 5. The molecular weight excluding hydrogens is 694 g/mol. The average molecular weight is 728 g/mol. The van der Waals surface area contributed by atoms with Crippen LogP contribution in [0, 0.1) is 0 Å². The highest BCUT2D eigenvalue weighted by Gasteiger charge is 2.25. The van der Waals surface area contributed by atoms with Crippen molar-refractivity contribution in [3.8, 4) is 11.1 Å². The Balaban J connectivity index is 1.16. The van der Waals surface area contributed by atoms with Gasteiger partial charge in [-0.05, 0) is 92.0 Å². The minimum atomic E-state index is -2.31. The van der Waals surface area contributed by atoms with Crippen molar-refractivity contribution in [2.24, 2.45) is 0 Å². The van der Waals surface area contributed by atoms with E-state index in [-0.39, 0.29) is 0 Å². The summed E-state index contributed by atoms with van der Waals surface area (Å²) in [5.74, 6) is 0. The summed E-state index contributed by atoms with van der Waals surface area (Å²) in [6.07, 6.45) is 9.85. The first-order chi connectivity index (χ1) is 26.5. The van der Waals surface area contributed by atoms with Crippen molar-refractivity contribution >= 4 is 99.3 Å². The molecule has 3 nitrogen and oxygen atoms in total. The Morgan fingerprint density at radius 3 is 2.17 bits per heavy atom. The quantitative estimate of drug-likeness (QED) is 0.0739. The van der Waals surface area contributed by atoms with Crippen LogP contribution < -0.4 is 10.6 Å². The van der Waals surface area contributed by atoms with Crippen LogP contribution in [0.25, 0.3) is 81.9 Å². The number of pyridine rings is 2. The highest BCUT2D eigenvalue weighted by Crippen LogP contribution is 2.52. The van der Waals surface area contributed by atoms with Gasteiger partial charge in [0, 0.05) is 33.7 Å². The number of imidazole rings is 1. The Bertz CT molecular complexity index is 3280. The van der Waals surface area contributed by atoms with Crippen molar-refractivity contribution in [3.05, 3.63) is 188 Å². The lowest BCUT2D eigenvalue weighted by molar-refractivity contribution is 1.32. The van der Waals surface area contributed by atoms with Crippen LogP contribution in [0.4, 0.5) is 0 Å². The smallest absolute Gasteiger partial charge is 0.147 e. The lowest BCUT2D eigenvalue weighted by Gasteiger charge is -2.24. The third-order valence-corrected chi connectivity index (χ3v) is 16.0. The molecule has 0 fully saturated rings. The van der Waals surface area contributed by atoms with Gasteiger partial charge >= 0.3 is 0 Å². The second kappa shape index (κ2) is 12.7. The molecule has 5 heteroatoms. The maximum Gasteiger partial charge on any atom is 0.147 e. The SMILES string of the molecule is C=C/C=C\C=C(/C)P(=S)(c1ccccc1)c1cnc2cc(-c3ccc4nc5c6c7ccccc7ccc6c6cc7ccccc7cc6n5c4c3)ccc2c1. The van der Waals surface area contributed by atoms with Crippen molar-refractivity contribution in [3.63, 3.8) is 0 Å². The molecule has 54 heavy (non-hydrogen) atoms. The third-order valence-electron chi connectivity index (χ3n) is 10.8. The largest absolute Gasteiger partial charge is 0.292 e. The van der Waals surface area contributed by atoms with E-state index in [4.69, 9.17) is 21.8 Å². The standard InChI is InChI=1S/C49H34N3PS/c1-3-4-6-13-32(2)53(54,39-17-7-5-8-18-39)40-26-38-21-20-36(28-45(38)50-31-40)37-23-25-44-47(30-37)52-46-29-35-16-10-9-15-34(35)27-43(46)42-24-22-33-14-11-12-19-41(33)48(42)49(52)51-44/h3-31H,1H2,2H3/b6-4-,32-13+. The zero-order chi connectivity index (χ0) is 36.4. The van der Waals surface area contributed by atoms with Gasteiger partial charge in [-0.15, -0.1) is 0 Å². The maximum absolute atomic E-state index is 6.60. The summed E-state index contributed by atoms with van der Waals surface area (Å²) in [7, 11) is 0. The van der Waals surface area contributed by atoms with Crippen LogP contribution in [0.3, 0.4) is 0 Å². The molecule has 0 aliphatic rings. The summed E-state index contributed by atoms with van der Waals surface area (Å²) < 4.78 is 2.37. The fourth-order valence-electron chi connectivity index (χ4n) is 8.07. The van der Waals surface area contributed by atoms with Crippen LogP contribution in [0.15, 0.2) is 188 Å². The highest BCUT2D eigenvalue weighted by molar-refractivity contribution is 8.23. The zero-order valence-electron chi connectivity index (χ0n) is 29.6. The van der Waals surface area contributed by atoms with Crippen LogP contribution in [0.5, 0.6) is 0 Å². The second-order valence-corrected chi connectivity index (χ2v) is 18.5. The summed E-state index contributed by atoms with van der Waals surface area (Å²) in [5, 5.41) is 12.9. The third kappa shape index (κ3) is 5.06. The van der Waals surface area contributed by atoms with E-state index in [0.29, 0.717) is 0 Å². The van der Waals surface area contributed by atoms with Crippen molar-refractivity contribution in [1.29, 1.82) is 0 Å². The summed E-state index contributed by atoms with van der Waals surface area (Å²) in [6, 6.07) is 50.0. The van der Waals surface area contributed by atoms with E-state index >= 15 is 0 Å². The minimum absolute atomic E-state index is 0.937. The van der Waals surface area contributed by atoms with Gasteiger partial charge in [0.25, 0.3) is 0 Å². The predicted octanol–water partition coefficient (Wildman–Crippen LogP) is 12.4. The van der Waals surface area contributed by atoms with Gasteiger partial charge in [-0.2, -0.15) is 0 Å². The number of benzene rings is 7. The molecule has 0 amide bonds. The van der Waals surface area contributed by atoms with Gasteiger partial charge in [0.15, 0.2) is 0 Å². The van der Waals surface area contributed by atoms with E-state index in [1.54, 1.807) is 6.08 Å². The Hall–Kier alpha value is -6.19. The average Bonchev–Trinajstić information content (AvgIpc) is 3.61. The molecule has 0 aliphatic heterocycles. The van der Waals surface area contributed by atoms with E-state index in [0.717, 1.165) is 60.2 Å². The molecule has 0 radical (unpaired) electrons. The van der Waals surface area contributed by atoms with Crippen molar-refractivity contribution < 1.29 is 0 Å². The Morgan fingerprint density at radius 1 is 0.611 bits per heavy atom. The first-order valence-electron chi connectivity index (χ1n) is 18.1. The van der Waals surface area contributed by atoms with Crippen LogP contribution in [0.2, 0.25) is 0 Å². The molecule has 10 aromatic rings. The normalized spacial score (nSPS) is 13.6. The van der Waals surface area contributed by atoms with E-state index < -0.39 is 6.04 Å². The predicted molar refractivity (Wildman–Crippen MR) is 237 cm³/mol. The molecule has 0 bridgehead atoms.